The molecule has 3 aromatic rings. The van der Waals surface area contributed by atoms with Gasteiger partial charge in [-0.3, -0.25) is 24.0 Å². The zero-order valence-corrected chi connectivity index (χ0v) is 50.7. The zero-order valence-electron chi connectivity index (χ0n) is 48.3. The van der Waals surface area contributed by atoms with E-state index in [2.05, 4.69) is 13.2 Å². The second kappa shape index (κ2) is 30.7. The normalized spacial score (nSPS) is 24.4. The molecule has 0 amide bonds. The number of carbonyl (C=O) groups is 7. The first-order valence-corrected chi connectivity index (χ1v) is 33.6. The highest BCUT2D eigenvalue weighted by Gasteiger charge is 2.46. The van der Waals surface area contributed by atoms with Gasteiger partial charge in [0.1, 0.15) is 17.1 Å². The molecule has 4 aliphatic carbocycles. The molecule has 20 heteroatoms. The highest BCUT2D eigenvalue weighted by Crippen LogP contribution is 2.63. The number of hydrogen-bond acceptors (Lipinski definition) is 19. The standard InChI is InChI=1S/C65H78O17S3/c1-3-53(66)77-39-15-7-5-13-37-75-45-29-33-47(34-30-45)79-61(69)41-21-25-43(26-22-41)63(71)81-56-49-17-9-10-18-50(49)57(59-58(56)83-65(84-59)60-55(68)51-19-11-12-20-52(51)85(60,73)74)82-64(72)44-27-23-42(24-28-44)62(70)80-48-35-31-46(32-36-48)76-38-14-6-8-16-40-78-54(67)4-2/h3-4,9-12,17-20,41-48H,1-2,5-8,13-16,21-40H2. The van der Waals surface area contributed by atoms with Crippen LogP contribution in [-0.2, 0) is 67.0 Å². The fourth-order valence-electron chi connectivity index (χ4n) is 12.2. The van der Waals surface area contributed by atoms with Gasteiger partial charge in [0.2, 0.25) is 15.6 Å². The van der Waals surface area contributed by atoms with Crippen molar-refractivity contribution < 1.29 is 79.9 Å². The van der Waals surface area contributed by atoms with Gasteiger partial charge in [-0.2, -0.15) is 0 Å². The van der Waals surface area contributed by atoms with Gasteiger partial charge in [-0.1, -0.05) is 85.9 Å². The summed E-state index contributed by atoms with van der Waals surface area (Å²) >= 11 is 1.98. The second-order valence-electron chi connectivity index (χ2n) is 22.9. The van der Waals surface area contributed by atoms with E-state index in [0.29, 0.717) is 124 Å². The number of carbonyl (C=O) groups excluding carboxylic acids is 7. The molecule has 0 aromatic heterocycles. The average Bonchev–Trinajstić information content (AvgIpc) is 1.71. The van der Waals surface area contributed by atoms with E-state index in [9.17, 15) is 42.0 Å². The van der Waals surface area contributed by atoms with Crippen LogP contribution in [0.3, 0.4) is 0 Å². The molecule has 9 rings (SSSR count). The molecule has 0 bridgehead atoms. The summed E-state index contributed by atoms with van der Waals surface area (Å²) in [5.74, 6) is -4.53. The predicted molar refractivity (Wildman–Crippen MR) is 318 cm³/mol. The molecule has 4 saturated carbocycles. The van der Waals surface area contributed by atoms with E-state index in [4.69, 9.17) is 37.9 Å². The zero-order chi connectivity index (χ0) is 59.9. The Labute approximate surface area is 506 Å². The third-order valence-electron chi connectivity index (χ3n) is 17.1. The largest absolute Gasteiger partial charge is 0.463 e. The van der Waals surface area contributed by atoms with Gasteiger partial charge in [-0.25, -0.2) is 18.0 Å². The van der Waals surface area contributed by atoms with Gasteiger partial charge < -0.3 is 37.9 Å². The topological polar surface area (TPSA) is 227 Å². The minimum atomic E-state index is -4.26. The second-order valence-corrected chi connectivity index (χ2v) is 27.1. The molecule has 2 aliphatic heterocycles. The summed E-state index contributed by atoms with van der Waals surface area (Å²) in [5, 5.41) is 0.895. The van der Waals surface area contributed by atoms with Crippen molar-refractivity contribution in [2.75, 3.05) is 26.4 Å². The van der Waals surface area contributed by atoms with Gasteiger partial charge in [0.05, 0.1) is 68.0 Å². The Hall–Kier alpha value is -5.80. The molecule has 0 atom stereocenters. The lowest BCUT2D eigenvalue weighted by atomic mass is 9.82. The Kier molecular flexibility index (Phi) is 23.0. The number of thioether (sulfide) groups is 2. The van der Waals surface area contributed by atoms with Gasteiger partial charge >= 0.3 is 35.8 Å². The molecular weight excluding hydrogens is 1150 g/mol. The van der Waals surface area contributed by atoms with E-state index < -0.39 is 56.2 Å². The first-order valence-electron chi connectivity index (χ1n) is 30.5. The summed E-state index contributed by atoms with van der Waals surface area (Å²) in [6.45, 7) is 8.88. The summed E-state index contributed by atoms with van der Waals surface area (Å²) in [4.78, 5) is 92.2. The van der Waals surface area contributed by atoms with E-state index in [1.54, 1.807) is 36.4 Å². The fourth-order valence-corrected chi connectivity index (χ4v) is 17.1. The quantitative estimate of drug-likeness (QED) is 0.0239. The summed E-state index contributed by atoms with van der Waals surface area (Å²) in [6, 6.07) is 13.1. The Balaban J connectivity index is 0.786. The van der Waals surface area contributed by atoms with E-state index >= 15 is 0 Å². The van der Waals surface area contributed by atoms with Crippen molar-refractivity contribution in [2.45, 2.75) is 193 Å². The Bertz CT molecular complexity index is 2930. The predicted octanol–water partition coefficient (Wildman–Crippen LogP) is 12.6. The van der Waals surface area contributed by atoms with Gasteiger partial charge in [-0.15, -0.1) is 0 Å². The van der Waals surface area contributed by atoms with E-state index in [1.165, 1.54) is 12.1 Å². The minimum absolute atomic E-state index is 0.0592. The van der Waals surface area contributed by atoms with Crippen LogP contribution >= 0.6 is 23.5 Å². The van der Waals surface area contributed by atoms with E-state index in [-0.39, 0.29) is 74.4 Å². The van der Waals surface area contributed by atoms with E-state index in [0.717, 1.165) is 113 Å². The lowest BCUT2D eigenvalue weighted by molar-refractivity contribution is -0.160. The Morgan fingerprint density at radius 1 is 0.471 bits per heavy atom. The number of fused-ring (bicyclic) bond motifs is 3. The molecule has 6 aliphatic rings. The van der Waals surface area contributed by atoms with Crippen LogP contribution in [0.5, 0.6) is 11.5 Å². The SMILES string of the molecule is C=CC(=O)OCCCCCCOC1CCC(OC(=O)C2CCC(C(=O)Oc3c4c(c(OC(=O)C5CCC(C(=O)OC6CCC(OCCCCCCOC(=O)C=C)CC6)CC5)c5ccccc35)SC(=C3C(=O)c5ccccc5S3(=O)=O)S4)CC2)CC1. The Morgan fingerprint density at radius 3 is 1.24 bits per heavy atom. The van der Waals surface area contributed by atoms with E-state index in [1.807, 2.05) is 0 Å². The molecule has 0 saturated heterocycles. The summed E-state index contributed by atoms with van der Waals surface area (Å²) in [7, 11) is -4.26. The van der Waals surface area contributed by atoms with Crippen molar-refractivity contribution in [1.29, 1.82) is 0 Å². The van der Waals surface area contributed by atoms with Gasteiger partial charge in [0.15, 0.2) is 11.5 Å². The van der Waals surface area contributed by atoms with Crippen molar-refractivity contribution in [3.63, 3.8) is 0 Å². The number of sulfone groups is 1. The maximum absolute atomic E-state index is 14.3. The van der Waals surface area contributed by atoms with Crippen molar-refractivity contribution >= 4 is 85.7 Å². The molecule has 0 N–H and O–H groups in total. The lowest BCUT2D eigenvalue weighted by Gasteiger charge is -2.31. The highest BCUT2D eigenvalue weighted by atomic mass is 32.2. The highest BCUT2D eigenvalue weighted by molar-refractivity contribution is 8.25. The number of esters is 6. The van der Waals surface area contributed by atoms with Crippen molar-refractivity contribution in [3.8, 4) is 11.5 Å². The average molecular weight is 1230 g/mol. The smallest absolute Gasteiger partial charge is 0.330 e. The third kappa shape index (κ3) is 16.4. The van der Waals surface area contributed by atoms with Crippen LogP contribution in [0.4, 0.5) is 0 Å². The molecule has 3 aromatic carbocycles. The van der Waals surface area contributed by atoms with Crippen molar-refractivity contribution in [2.24, 2.45) is 23.7 Å². The third-order valence-corrected chi connectivity index (χ3v) is 21.8. The molecule has 4 fully saturated rings. The molecule has 458 valence electrons. The number of rotatable bonds is 26. The molecule has 0 radical (unpaired) electrons. The molecule has 17 nitrogen and oxygen atoms in total. The molecular formula is C65H78O17S3. The maximum Gasteiger partial charge on any atom is 0.330 e. The van der Waals surface area contributed by atoms with Crippen LogP contribution in [0, 0.1) is 23.7 Å². The fraction of sp³-hybridized carbons (Fsp3) is 0.554. The number of benzene rings is 3. The number of unbranched alkanes of at least 4 members (excludes halogenated alkanes) is 6. The van der Waals surface area contributed by atoms with Gasteiger partial charge in [-0.05, 0) is 153 Å². The molecule has 0 unspecified atom stereocenters. The maximum atomic E-state index is 14.3. The Morgan fingerprint density at radius 2 is 0.835 bits per heavy atom. The van der Waals surface area contributed by atoms with Gasteiger partial charge in [0, 0.05) is 41.7 Å². The molecule has 2 heterocycles. The summed E-state index contributed by atoms with van der Waals surface area (Å²) < 4.78 is 75.5. The van der Waals surface area contributed by atoms with Crippen LogP contribution in [0.25, 0.3) is 10.8 Å². The number of allylic oxidation sites excluding steroid dienone is 1. The minimum Gasteiger partial charge on any atom is -0.463 e. The summed E-state index contributed by atoms with van der Waals surface area (Å²) in [5.41, 5.74) is 0.0592. The number of hydrogen-bond donors (Lipinski definition) is 0. The lowest BCUT2D eigenvalue weighted by Crippen LogP contribution is -2.33. The van der Waals surface area contributed by atoms with Crippen LogP contribution in [0.15, 0.2) is 97.7 Å². The summed E-state index contributed by atoms with van der Waals surface area (Å²) in [6.07, 6.45) is 18.8. The number of Topliss-reactive ketones (excluding diaryl/α,β-unsaturated/α-hetero) is 1. The van der Waals surface area contributed by atoms with Crippen LogP contribution in [0.1, 0.15) is 164 Å². The van der Waals surface area contributed by atoms with Crippen molar-refractivity contribution in [3.05, 3.63) is 88.5 Å². The number of ether oxygens (including phenoxy) is 8. The number of ketones is 1. The molecule has 0 spiro atoms. The van der Waals surface area contributed by atoms with Crippen molar-refractivity contribution in [1.82, 2.24) is 0 Å². The van der Waals surface area contributed by atoms with Gasteiger partial charge in [0.25, 0.3) is 0 Å². The van der Waals surface area contributed by atoms with Crippen LogP contribution in [0.2, 0.25) is 0 Å². The first-order chi connectivity index (χ1) is 41.2. The molecule has 85 heavy (non-hydrogen) atoms. The monoisotopic (exact) mass is 1230 g/mol. The first kappa shape index (κ1) is 63.7. The van der Waals surface area contributed by atoms with Crippen LogP contribution in [-0.4, -0.2) is 101 Å². The van der Waals surface area contributed by atoms with Crippen LogP contribution < -0.4 is 9.47 Å².